The first-order valence-electron chi connectivity index (χ1n) is 4.49. The van der Waals surface area contributed by atoms with Crippen LogP contribution in [0.4, 0.5) is 0 Å². The summed E-state index contributed by atoms with van der Waals surface area (Å²) < 4.78 is 38.7. The fourth-order valence-corrected chi connectivity index (χ4v) is 0.963. The summed E-state index contributed by atoms with van der Waals surface area (Å²) in [7, 11) is -4.67. The van der Waals surface area contributed by atoms with Crippen molar-refractivity contribution in [3.05, 3.63) is 24.1 Å². The number of aliphatic hydroxyl groups excluding tert-OH is 1. The maximum absolute atomic E-state index is 11.0. The standard InChI is InChI=1S/C9H14O7S/c1-3-4-15-5-8(10)6-16-9(11)7(2)17(12,13)14/h3,8,10H,1-2,4-6H2,(H,12,13,14). The molecular formula is C9H14O7S. The molecule has 2 N–H and O–H groups in total. The lowest BCUT2D eigenvalue weighted by molar-refractivity contribution is -0.142. The van der Waals surface area contributed by atoms with Crippen LogP contribution in [-0.4, -0.2) is 50.0 Å². The SMILES string of the molecule is C=CCOCC(O)COC(=O)C(=C)S(=O)(=O)O. The van der Waals surface area contributed by atoms with Crippen LogP contribution in [0.3, 0.4) is 0 Å². The highest BCUT2D eigenvalue weighted by molar-refractivity contribution is 7.90. The molecule has 0 saturated carbocycles. The molecule has 17 heavy (non-hydrogen) atoms. The third kappa shape index (κ3) is 6.84. The average Bonchev–Trinajstić information content (AvgIpc) is 2.24. The number of hydrogen-bond acceptors (Lipinski definition) is 6. The fourth-order valence-electron chi connectivity index (χ4n) is 0.693. The molecule has 0 radical (unpaired) electrons. The van der Waals surface area contributed by atoms with E-state index in [1.165, 1.54) is 6.08 Å². The van der Waals surface area contributed by atoms with E-state index in [0.717, 1.165) is 0 Å². The van der Waals surface area contributed by atoms with Gasteiger partial charge in [0.05, 0.1) is 13.2 Å². The first-order valence-corrected chi connectivity index (χ1v) is 5.93. The van der Waals surface area contributed by atoms with E-state index >= 15 is 0 Å². The Morgan fingerprint density at radius 1 is 1.41 bits per heavy atom. The Kier molecular flexibility index (Phi) is 6.66. The average molecular weight is 266 g/mol. The van der Waals surface area contributed by atoms with Gasteiger partial charge in [0.2, 0.25) is 0 Å². The van der Waals surface area contributed by atoms with Crippen LogP contribution in [0.1, 0.15) is 0 Å². The van der Waals surface area contributed by atoms with Crippen molar-refractivity contribution in [2.24, 2.45) is 0 Å². The number of carbonyl (C=O) groups excluding carboxylic acids is 1. The van der Waals surface area contributed by atoms with Gasteiger partial charge >= 0.3 is 16.1 Å². The molecule has 0 bridgehead atoms. The van der Waals surface area contributed by atoms with Crippen molar-refractivity contribution in [3.8, 4) is 0 Å². The number of esters is 1. The summed E-state index contributed by atoms with van der Waals surface area (Å²) in [6.07, 6.45) is 0.368. The fraction of sp³-hybridized carbons (Fsp3) is 0.444. The van der Waals surface area contributed by atoms with Crippen molar-refractivity contribution in [1.29, 1.82) is 0 Å². The van der Waals surface area contributed by atoms with Crippen LogP contribution >= 0.6 is 0 Å². The highest BCUT2D eigenvalue weighted by Gasteiger charge is 2.22. The summed E-state index contributed by atoms with van der Waals surface area (Å²) in [5.41, 5.74) is 0. The predicted molar refractivity (Wildman–Crippen MR) is 58.7 cm³/mol. The van der Waals surface area contributed by atoms with Gasteiger partial charge in [-0.2, -0.15) is 8.42 Å². The Labute approximate surface area is 99.1 Å². The second-order valence-corrected chi connectivity index (χ2v) is 4.42. The van der Waals surface area contributed by atoms with E-state index in [0.29, 0.717) is 0 Å². The zero-order valence-corrected chi connectivity index (χ0v) is 9.85. The predicted octanol–water partition coefficient (Wildman–Crippen LogP) is -0.505. The minimum atomic E-state index is -4.67. The summed E-state index contributed by atoms with van der Waals surface area (Å²) in [5, 5.41) is 9.23. The third-order valence-corrected chi connectivity index (χ3v) is 2.28. The van der Waals surface area contributed by atoms with E-state index in [1.54, 1.807) is 0 Å². The van der Waals surface area contributed by atoms with Crippen molar-refractivity contribution >= 4 is 16.1 Å². The van der Waals surface area contributed by atoms with Gasteiger partial charge in [0.15, 0.2) is 4.91 Å². The molecule has 0 fully saturated rings. The van der Waals surface area contributed by atoms with E-state index in [-0.39, 0.29) is 13.2 Å². The largest absolute Gasteiger partial charge is 0.459 e. The summed E-state index contributed by atoms with van der Waals surface area (Å²) in [6, 6.07) is 0. The van der Waals surface area contributed by atoms with Gasteiger partial charge in [0.1, 0.15) is 12.7 Å². The molecule has 0 saturated heterocycles. The second-order valence-electron chi connectivity index (χ2n) is 2.98. The number of hydrogen-bond donors (Lipinski definition) is 2. The first kappa shape index (κ1) is 15.8. The number of aliphatic hydroxyl groups is 1. The van der Waals surface area contributed by atoms with Gasteiger partial charge in [0.25, 0.3) is 0 Å². The summed E-state index contributed by atoms with van der Waals surface area (Å²) in [4.78, 5) is 9.91. The number of rotatable bonds is 8. The minimum absolute atomic E-state index is 0.0996. The quantitative estimate of drug-likeness (QED) is 0.200. The van der Waals surface area contributed by atoms with E-state index in [9.17, 15) is 18.3 Å². The summed E-state index contributed by atoms with van der Waals surface area (Å²) in [6.45, 7) is 5.88. The van der Waals surface area contributed by atoms with Crippen LogP contribution in [-0.2, 0) is 24.4 Å². The van der Waals surface area contributed by atoms with Crippen molar-refractivity contribution in [2.75, 3.05) is 19.8 Å². The Balaban J connectivity index is 4.00. The number of carbonyl (C=O) groups is 1. The molecule has 0 aromatic rings. The number of ether oxygens (including phenoxy) is 2. The summed E-state index contributed by atoms with van der Waals surface area (Å²) >= 11 is 0. The van der Waals surface area contributed by atoms with Gasteiger partial charge in [-0.3, -0.25) is 4.55 Å². The molecule has 0 rings (SSSR count). The summed E-state index contributed by atoms with van der Waals surface area (Å²) in [5.74, 6) is -1.32. The molecule has 0 amide bonds. The molecule has 1 atom stereocenters. The van der Waals surface area contributed by atoms with E-state index in [1.807, 2.05) is 0 Å². The van der Waals surface area contributed by atoms with Crippen molar-refractivity contribution < 1.29 is 32.3 Å². The van der Waals surface area contributed by atoms with E-state index in [4.69, 9.17) is 9.29 Å². The van der Waals surface area contributed by atoms with Crippen LogP contribution in [0.25, 0.3) is 0 Å². The van der Waals surface area contributed by atoms with E-state index in [2.05, 4.69) is 17.9 Å². The van der Waals surface area contributed by atoms with Crippen LogP contribution in [0.2, 0.25) is 0 Å². The lowest BCUT2D eigenvalue weighted by Gasteiger charge is -2.11. The van der Waals surface area contributed by atoms with Crippen molar-refractivity contribution in [3.63, 3.8) is 0 Å². The van der Waals surface area contributed by atoms with Crippen LogP contribution in [0, 0.1) is 0 Å². The zero-order valence-electron chi connectivity index (χ0n) is 9.03. The normalized spacial score (nSPS) is 12.8. The van der Waals surface area contributed by atoms with Gasteiger partial charge in [-0.1, -0.05) is 12.7 Å². The molecule has 0 spiro atoms. The maximum atomic E-state index is 11.0. The van der Waals surface area contributed by atoms with Gasteiger partial charge < -0.3 is 14.6 Å². The van der Waals surface area contributed by atoms with Crippen molar-refractivity contribution in [1.82, 2.24) is 0 Å². The smallest absolute Gasteiger partial charge is 0.351 e. The molecule has 8 heteroatoms. The lowest BCUT2D eigenvalue weighted by Crippen LogP contribution is -2.25. The van der Waals surface area contributed by atoms with Crippen LogP contribution in [0.15, 0.2) is 24.1 Å². The molecule has 0 aliphatic heterocycles. The van der Waals surface area contributed by atoms with E-state index < -0.39 is 33.7 Å². The van der Waals surface area contributed by atoms with Crippen LogP contribution < -0.4 is 0 Å². The maximum Gasteiger partial charge on any atom is 0.351 e. The molecule has 1 unspecified atom stereocenters. The molecule has 7 nitrogen and oxygen atoms in total. The molecule has 0 aliphatic carbocycles. The zero-order chi connectivity index (χ0) is 13.5. The molecule has 0 aromatic carbocycles. The van der Waals surface area contributed by atoms with Crippen molar-refractivity contribution in [2.45, 2.75) is 6.10 Å². The Morgan fingerprint density at radius 2 is 2.00 bits per heavy atom. The monoisotopic (exact) mass is 266 g/mol. The van der Waals surface area contributed by atoms with Gasteiger partial charge in [-0.15, -0.1) is 6.58 Å². The minimum Gasteiger partial charge on any atom is -0.459 e. The first-order chi connectivity index (χ1) is 7.79. The Morgan fingerprint density at radius 3 is 2.47 bits per heavy atom. The lowest BCUT2D eigenvalue weighted by atomic mass is 10.4. The Bertz CT molecular complexity index is 384. The van der Waals surface area contributed by atoms with Crippen LogP contribution in [0.5, 0.6) is 0 Å². The second kappa shape index (κ2) is 7.17. The van der Waals surface area contributed by atoms with Gasteiger partial charge in [-0.25, -0.2) is 4.79 Å². The highest BCUT2D eigenvalue weighted by Crippen LogP contribution is 2.03. The Hall–Kier alpha value is -1.22. The molecule has 98 valence electrons. The van der Waals surface area contributed by atoms with Gasteiger partial charge in [0, 0.05) is 0 Å². The molecule has 0 aliphatic rings. The van der Waals surface area contributed by atoms with Gasteiger partial charge in [-0.05, 0) is 0 Å². The third-order valence-electron chi connectivity index (χ3n) is 1.49. The molecule has 0 aromatic heterocycles. The highest BCUT2D eigenvalue weighted by atomic mass is 32.2. The molecule has 0 heterocycles. The molecular weight excluding hydrogens is 252 g/mol. The topological polar surface area (TPSA) is 110 Å².